The van der Waals surface area contributed by atoms with Crippen molar-refractivity contribution in [3.05, 3.63) is 11.6 Å². The van der Waals surface area contributed by atoms with Crippen LogP contribution < -0.4 is 0 Å². The van der Waals surface area contributed by atoms with Crippen LogP contribution >= 0.6 is 0 Å². The summed E-state index contributed by atoms with van der Waals surface area (Å²) >= 11 is 0. The minimum Gasteiger partial charge on any atom is -0.460 e. The first-order chi connectivity index (χ1) is 8.10. The van der Waals surface area contributed by atoms with Crippen LogP contribution in [0.2, 0.25) is 0 Å². The predicted molar refractivity (Wildman–Crippen MR) is 73.0 cm³/mol. The molecule has 0 fully saturated rings. The number of hydrogen-bond donors (Lipinski definition) is 0. The smallest absolute Gasteiger partial charge is 0.330 e. The third-order valence-corrected chi connectivity index (χ3v) is 2.63. The molecule has 0 N–H and O–H groups in total. The summed E-state index contributed by atoms with van der Waals surface area (Å²) in [6.45, 7) is 8.14. The minimum absolute atomic E-state index is 0.0261. The number of esters is 1. The van der Waals surface area contributed by atoms with E-state index in [4.69, 9.17) is 4.74 Å². The van der Waals surface area contributed by atoms with Crippen LogP contribution in [0.1, 0.15) is 72.6 Å². The van der Waals surface area contributed by atoms with E-state index in [1.807, 2.05) is 13.8 Å². The molecule has 0 saturated heterocycles. The van der Waals surface area contributed by atoms with Gasteiger partial charge < -0.3 is 4.74 Å². The zero-order chi connectivity index (χ0) is 13.1. The van der Waals surface area contributed by atoms with Crippen LogP contribution in [0.5, 0.6) is 0 Å². The third kappa shape index (κ3) is 10.1. The average molecular weight is 240 g/mol. The maximum absolute atomic E-state index is 11.6. The molecule has 0 atom stereocenters. The van der Waals surface area contributed by atoms with Gasteiger partial charge in [-0.1, -0.05) is 38.7 Å². The summed E-state index contributed by atoms with van der Waals surface area (Å²) in [5.74, 6) is -0.178. The van der Waals surface area contributed by atoms with E-state index in [1.54, 1.807) is 6.08 Å². The number of unbranched alkanes of at least 4 members (excludes halogenated alkanes) is 3. The Morgan fingerprint density at radius 1 is 1.06 bits per heavy atom. The lowest BCUT2D eigenvalue weighted by Crippen LogP contribution is -2.09. The minimum atomic E-state index is -0.178. The van der Waals surface area contributed by atoms with Gasteiger partial charge >= 0.3 is 5.97 Å². The highest BCUT2D eigenvalue weighted by Crippen LogP contribution is 2.16. The highest BCUT2D eigenvalue weighted by atomic mass is 16.5. The highest BCUT2D eigenvalue weighted by Gasteiger charge is 2.05. The van der Waals surface area contributed by atoms with Crippen molar-refractivity contribution in [3.63, 3.8) is 0 Å². The number of allylic oxidation sites excluding steroid dienone is 1. The average Bonchev–Trinajstić information content (AvgIpc) is 2.24. The maximum Gasteiger partial charge on any atom is 0.330 e. The summed E-state index contributed by atoms with van der Waals surface area (Å²) in [6.07, 6.45) is 9.74. The van der Waals surface area contributed by atoms with Crippen molar-refractivity contribution >= 4 is 5.97 Å². The monoisotopic (exact) mass is 240 g/mol. The molecule has 0 aliphatic rings. The van der Waals surface area contributed by atoms with Crippen LogP contribution in [-0.4, -0.2) is 12.1 Å². The first-order valence-electron chi connectivity index (χ1n) is 7.00. The molecule has 2 nitrogen and oxygen atoms in total. The van der Waals surface area contributed by atoms with Crippen molar-refractivity contribution in [2.45, 2.75) is 78.7 Å². The molecule has 0 spiro atoms. The molecular weight excluding hydrogens is 212 g/mol. The van der Waals surface area contributed by atoms with Gasteiger partial charge in [-0.25, -0.2) is 4.79 Å². The zero-order valence-corrected chi connectivity index (χ0v) is 11.9. The Kier molecular flexibility index (Phi) is 9.89. The largest absolute Gasteiger partial charge is 0.460 e. The summed E-state index contributed by atoms with van der Waals surface area (Å²) in [5.41, 5.74) is 1.26. The van der Waals surface area contributed by atoms with Gasteiger partial charge in [0.05, 0.1) is 6.10 Å². The maximum atomic E-state index is 11.6. The normalized spacial score (nSPS) is 11.9. The molecular formula is C15H28O2. The molecule has 17 heavy (non-hydrogen) atoms. The Balaban J connectivity index is 4.22. The number of carbonyl (C=O) groups excluding carboxylic acids is 1. The molecule has 0 saturated carbocycles. The first-order valence-corrected chi connectivity index (χ1v) is 7.00. The Hall–Kier alpha value is -0.790. The lowest BCUT2D eigenvalue weighted by atomic mass is 10.0. The second-order valence-electron chi connectivity index (χ2n) is 4.85. The molecule has 2 heteroatoms. The van der Waals surface area contributed by atoms with Crippen LogP contribution in [0.4, 0.5) is 0 Å². The van der Waals surface area contributed by atoms with E-state index in [0.717, 1.165) is 19.3 Å². The SMILES string of the molecule is CCCCCC(=CC(=O)OC(C)C)CCCC. The Morgan fingerprint density at radius 2 is 1.65 bits per heavy atom. The van der Waals surface area contributed by atoms with E-state index < -0.39 is 0 Å². The summed E-state index contributed by atoms with van der Waals surface area (Å²) in [6, 6.07) is 0. The van der Waals surface area contributed by atoms with Crippen molar-refractivity contribution < 1.29 is 9.53 Å². The van der Waals surface area contributed by atoms with Gasteiger partial charge in [0, 0.05) is 6.08 Å². The molecule has 0 aliphatic carbocycles. The summed E-state index contributed by atoms with van der Waals surface area (Å²) in [4.78, 5) is 11.6. The quantitative estimate of drug-likeness (QED) is 0.333. The van der Waals surface area contributed by atoms with E-state index in [1.165, 1.54) is 31.3 Å². The van der Waals surface area contributed by atoms with Crippen molar-refractivity contribution in [2.75, 3.05) is 0 Å². The summed E-state index contributed by atoms with van der Waals surface area (Å²) in [5, 5.41) is 0. The lowest BCUT2D eigenvalue weighted by Gasteiger charge is -2.09. The molecule has 100 valence electrons. The molecule has 0 heterocycles. The standard InChI is InChI=1S/C15H28O2/c1-5-7-9-11-14(10-8-6-2)12-15(16)17-13(3)4/h12-13H,5-11H2,1-4H3. The highest BCUT2D eigenvalue weighted by molar-refractivity contribution is 5.82. The van der Waals surface area contributed by atoms with Gasteiger partial charge in [-0.2, -0.15) is 0 Å². The van der Waals surface area contributed by atoms with Gasteiger partial charge in [0.15, 0.2) is 0 Å². The van der Waals surface area contributed by atoms with Crippen molar-refractivity contribution in [3.8, 4) is 0 Å². The number of carbonyl (C=O) groups is 1. The van der Waals surface area contributed by atoms with Gasteiger partial charge in [-0.3, -0.25) is 0 Å². The Morgan fingerprint density at radius 3 is 2.18 bits per heavy atom. The number of hydrogen-bond acceptors (Lipinski definition) is 2. The topological polar surface area (TPSA) is 26.3 Å². The van der Waals surface area contributed by atoms with Crippen LogP contribution in [0.3, 0.4) is 0 Å². The van der Waals surface area contributed by atoms with E-state index in [0.29, 0.717) is 0 Å². The molecule has 0 bridgehead atoms. The zero-order valence-electron chi connectivity index (χ0n) is 11.9. The second-order valence-corrected chi connectivity index (χ2v) is 4.85. The number of rotatable bonds is 9. The van der Waals surface area contributed by atoms with Crippen LogP contribution in [0.15, 0.2) is 11.6 Å². The molecule has 0 aromatic rings. The van der Waals surface area contributed by atoms with E-state index in [-0.39, 0.29) is 12.1 Å². The van der Waals surface area contributed by atoms with Gasteiger partial charge in [0.1, 0.15) is 0 Å². The molecule has 0 aromatic heterocycles. The third-order valence-electron chi connectivity index (χ3n) is 2.63. The second kappa shape index (κ2) is 10.4. The van der Waals surface area contributed by atoms with Crippen molar-refractivity contribution in [1.29, 1.82) is 0 Å². The first kappa shape index (κ1) is 16.2. The summed E-state index contributed by atoms with van der Waals surface area (Å²) in [7, 11) is 0. The van der Waals surface area contributed by atoms with Gasteiger partial charge in [0.25, 0.3) is 0 Å². The molecule has 0 radical (unpaired) electrons. The van der Waals surface area contributed by atoms with Crippen molar-refractivity contribution in [1.82, 2.24) is 0 Å². The van der Waals surface area contributed by atoms with Crippen molar-refractivity contribution in [2.24, 2.45) is 0 Å². The predicted octanol–water partition coefficient (Wildman–Crippen LogP) is 4.63. The van der Waals surface area contributed by atoms with E-state index in [9.17, 15) is 4.79 Å². The van der Waals surface area contributed by atoms with Crippen LogP contribution in [-0.2, 0) is 9.53 Å². The fourth-order valence-corrected chi connectivity index (χ4v) is 1.71. The molecule has 0 aliphatic heterocycles. The van der Waals surface area contributed by atoms with Gasteiger partial charge in [-0.15, -0.1) is 0 Å². The Labute approximate surface area is 106 Å². The Bertz CT molecular complexity index is 229. The molecule has 0 amide bonds. The molecule has 0 aromatic carbocycles. The molecule has 0 rings (SSSR count). The van der Waals surface area contributed by atoms with Crippen LogP contribution in [0, 0.1) is 0 Å². The van der Waals surface area contributed by atoms with E-state index >= 15 is 0 Å². The van der Waals surface area contributed by atoms with Gasteiger partial charge in [0.2, 0.25) is 0 Å². The fraction of sp³-hybridized carbons (Fsp3) is 0.800. The van der Waals surface area contributed by atoms with Crippen LogP contribution in [0.25, 0.3) is 0 Å². The number of ether oxygens (including phenoxy) is 1. The molecule has 0 unspecified atom stereocenters. The fourth-order valence-electron chi connectivity index (χ4n) is 1.71. The van der Waals surface area contributed by atoms with E-state index in [2.05, 4.69) is 13.8 Å². The lowest BCUT2D eigenvalue weighted by molar-refractivity contribution is -0.141. The summed E-state index contributed by atoms with van der Waals surface area (Å²) < 4.78 is 5.15. The van der Waals surface area contributed by atoms with Gasteiger partial charge in [-0.05, 0) is 39.5 Å².